The second-order valence-corrected chi connectivity index (χ2v) is 8.60. The Morgan fingerprint density at radius 3 is 2.08 bits per heavy atom. The van der Waals surface area contributed by atoms with Crippen LogP contribution in [0, 0.1) is 6.92 Å². The van der Waals surface area contributed by atoms with Gasteiger partial charge in [-0.3, -0.25) is 10.0 Å². The smallest absolute Gasteiger partial charge is 0.258 e. The molecular formula is C19H32N2O4S. The van der Waals surface area contributed by atoms with Crippen molar-refractivity contribution in [2.75, 3.05) is 13.1 Å². The molecule has 0 fully saturated rings. The number of hydrogen-bond donors (Lipinski definition) is 2. The molecular weight excluding hydrogens is 352 g/mol. The van der Waals surface area contributed by atoms with Gasteiger partial charge < -0.3 is 0 Å². The number of sulfonamides is 1. The van der Waals surface area contributed by atoms with Gasteiger partial charge in [0.05, 0.1) is 11.4 Å². The van der Waals surface area contributed by atoms with Gasteiger partial charge in [-0.2, -0.15) is 4.31 Å². The Morgan fingerprint density at radius 2 is 1.54 bits per heavy atom. The Kier molecular flexibility index (Phi) is 10.5. The molecule has 6 nitrogen and oxygen atoms in total. The first kappa shape index (κ1) is 22.6. The number of rotatable bonds is 13. The minimum atomic E-state index is -3.77. The molecule has 0 radical (unpaired) electrons. The van der Waals surface area contributed by atoms with E-state index >= 15 is 0 Å². The summed E-state index contributed by atoms with van der Waals surface area (Å²) in [6.07, 6.45) is 8.78. The van der Waals surface area contributed by atoms with Gasteiger partial charge in [0.1, 0.15) is 0 Å². The topological polar surface area (TPSA) is 86.7 Å². The van der Waals surface area contributed by atoms with Gasteiger partial charge in [0.25, 0.3) is 5.91 Å². The van der Waals surface area contributed by atoms with E-state index in [9.17, 15) is 13.2 Å². The number of benzene rings is 1. The molecule has 0 spiro atoms. The van der Waals surface area contributed by atoms with Gasteiger partial charge in [0, 0.05) is 6.54 Å². The van der Waals surface area contributed by atoms with Crippen molar-refractivity contribution in [3.8, 4) is 0 Å². The van der Waals surface area contributed by atoms with E-state index in [0.29, 0.717) is 6.42 Å². The average Bonchev–Trinajstić information content (AvgIpc) is 2.63. The van der Waals surface area contributed by atoms with E-state index in [1.165, 1.54) is 31.2 Å². The van der Waals surface area contributed by atoms with Crippen LogP contribution in [0.4, 0.5) is 0 Å². The lowest BCUT2D eigenvalue weighted by Gasteiger charge is -2.21. The summed E-state index contributed by atoms with van der Waals surface area (Å²) < 4.78 is 26.7. The number of amides is 1. The van der Waals surface area contributed by atoms with Crippen LogP contribution in [0.1, 0.15) is 63.9 Å². The number of hydrogen-bond acceptors (Lipinski definition) is 4. The highest BCUT2D eigenvalue weighted by Gasteiger charge is 2.26. The van der Waals surface area contributed by atoms with Crippen LogP contribution >= 0.6 is 0 Å². The number of carbonyl (C=O) groups excluding carboxylic acids is 1. The molecule has 0 bridgehead atoms. The molecule has 2 N–H and O–H groups in total. The van der Waals surface area contributed by atoms with Crippen LogP contribution in [-0.4, -0.2) is 36.9 Å². The van der Waals surface area contributed by atoms with Gasteiger partial charge in [0.15, 0.2) is 0 Å². The number of aryl methyl sites for hydroxylation is 1. The van der Waals surface area contributed by atoms with Crippen molar-refractivity contribution >= 4 is 15.9 Å². The van der Waals surface area contributed by atoms with Crippen molar-refractivity contribution in [1.82, 2.24) is 9.79 Å². The van der Waals surface area contributed by atoms with Crippen LogP contribution in [0.15, 0.2) is 29.2 Å². The van der Waals surface area contributed by atoms with E-state index in [0.717, 1.165) is 29.1 Å². The van der Waals surface area contributed by atoms with Crippen LogP contribution in [0.25, 0.3) is 0 Å². The van der Waals surface area contributed by atoms with Gasteiger partial charge >= 0.3 is 0 Å². The minimum absolute atomic E-state index is 0.161. The van der Waals surface area contributed by atoms with Gasteiger partial charge in [-0.05, 0) is 25.5 Å². The molecule has 1 amide bonds. The van der Waals surface area contributed by atoms with Crippen LogP contribution in [-0.2, 0) is 14.8 Å². The van der Waals surface area contributed by atoms with Gasteiger partial charge in [-0.15, -0.1) is 0 Å². The average molecular weight is 385 g/mol. The standard InChI is InChI=1S/C19H32N2O4S/c1-3-4-5-6-7-8-9-10-15-21(16-19(22)20-23)26(24,25)18-13-11-17(2)12-14-18/h11-14,23H,3-10,15-16H2,1-2H3,(H,20,22). The SMILES string of the molecule is CCCCCCCCCCN(CC(=O)NO)S(=O)(=O)c1ccc(C)cc1. The molecule has 0 aliphatic heterocycles. The Hall–Kier alpha value is -1.44. The quantitative estimate of drug-likeness (QED) is 0.309. The maximum absolute atomic E-state index is 12.8. The predicted molar refractivity (Wildman–Crippen MR) is 102 cm³/mol. The maximum Gasteiger partial charge on any atom is 0.258 e. The van der Waals surface area contributed by atoms with E-state index in [1.54, 1.807) is 24.3 Å². The van der Waals surface area contributed by atoms with Crippen molar-refractivity contribution < 1.29 is 18.4 Å². The fraction of sp³-hybridized carbons (Fsp3) is 0.632. The van der Waals surface area contributed by atoms with Crippen molar-refractivity contribution in [2.24, 2.45) is 0 Å². The fourth-order valence-corrected chi connectivity index (χ4v) is 4.20. The van der Waals surface area contributed by atoms with E-state index in [1.807, 2.05) is 6.92 Å². The van der Waals surface area contributed by atoms with Crippen LogP contribution in [0.5, 0.6) is 0 Å². The van der Waals surface area contributed by atoms with E-state index < -0.39 is 15.9 Å². The molecule has 0 aromatic heterocycles. The van der Waals surface area contributed by atoms with Gasteiger partial charge in [-0.25, -0.2) is 13.9 Å². The highest BCUT2D eigenvalue weighted by Crippen LogP contribution is 2.17. The largest absolute Gasteiger partial charge is 0.289 e. The fourth-order valence-electron chi connectivity index (χ4n) is 2.76. The molecule has 0 heterocycles. The lowest BCUT2D eigenvalue weighted by Crippen LogP contribution is -2.40. The van der Waals surface area contributed by atoms with Crippen molar-refractivity contribution in [1.29, 1.82) is 0 Å². The van der Waals surface area contributed by atoms with E-state index in [-0.39, 0.29) is 18.0 Å². The number of unbranched alkanes of at least 4 members (excludes halogenated alkanes) is 7. The Balaban J connectivity index is 2.61. The highest BCUT2D eigenvalue weighted by atomic mass is 32.2. The summed E-state index contributed by atoms with van der Waals surface area (Å²) >= 11 is 0. The number of nitrogens with zero attached hydrogens (tertiary/aromatic N) is 1. The summed E-state index contributed by atoms with van der Waals surface area (Å²) in [6, 6.07) is 6.55. The molecule has 148 valence electrons. The second-order valence-electron chi connectivity index (χ2n) is 6.66. The lowest BCUT2D eigenvalue weighted by atomic mass is 10.1. The predicted octanol–water partition coefficient (Wildman–Crippen LogP) is 3.63. The molecule has 1 aromatic rings. The number of nitrogens with one attached hydrogen (secondary N) is 1. The molecule has 7 heteroatoms. The molecule has 0 aliphatic rings. The van der Waals surface area contributed by atoms with Crippen LogP contribution < -0.4 is 5.48 Å². The van der Waals surface area contributed by atoms with Gasteiger partial charge in [0.2, 0.25) is 10.0 Å². The summed E-state index contributed by atoms with van der Waals surface area (Å²) in [7, 11) is -3.77. The minimum Gasteiger partial charge on any atom is -0.289 e. The molecule has 0 aliphatic carbocycles. The van der Waals surface area contributed by atoms with Crippen molar-refractivity contribution in [3.63, 3.8) is 0 Å². The Labute approximate surface area is 157 Å². The molecule has 1 aromatic carbocycles. The Bertz CT molecular complexity index is 629. The zero-order valence-electron chi connectivity index (χ0n) is 15.9. The summed E-state index contributed by atoms with van der Waals surface area (Å²) in [5, 5.41) is 8.75. The zero-order valence-corrected chi connectivity index (χ0v) is 16.7. The van der Waals surface area contributed by atoms with Crippen LogP contribution in [0.2, 0.25) is 0 Å². The van der Waals surface area contributed by atoms with E-state index in [2.05, 4.69) is 6.92 Å². The third-order valence-electron chi connectivity index (χ3n) is 4.36. The lowest BCUT2D eigenvalue weighted by molar-refractivity contribution is -0.129. The molecule has 1 rings (SSSR count). The maximum atomic E-state index is 12.8. The summed E-state index contributed by atoms with van der Waals surface area (Å²) in [5.41, 5.74) is 2.48. The highest BCUT2D eigenvalue weighted by molar-refractivity contribution is 7.89. The Morgan fingerprint density at radius 1 is 1.00 bits per heavy atom. The number of hydroxylamine groups is 1. The first-order valence-electron chi connectivity index (χ1n) is 9.41. The van der Waals surface area contributed by atoms with Crippen molar-refractivity contribution in [2.45, 2.75) is 70.1 Å². The zero-order chi connectivity index (χ0) is 19.4. The summed E-state index contributed by atoms with van der Waals surface area (Å²) in [4.78, 5) is 11.7. The van der Waals surface area contributed by atoms with Crippen molar-refractivity contribution in [3.05, 3.63) is 29.8 Å². The third-order valence-corrected chi connectivity index (χ3v) is 6.22. The first-order chi connectivity index (χ1) is 12.4. The normalized spacial score (nSPS) is 11.7. The first-order valence-corrected chi connectivity index (χ1v) is 10.9. The van der Waals surface area contributed by atoms with Gasteiger partial charge in [-0.1, -0.05) is 69.6 Å². The summed E-state index contributed by atoms with van der Waals surface area (Å²) in [6.45, 7) is 3.95. The molecule has 0 atom stereocenters. The second kappa shape index (κ2) is 12.0. The number of carbonyl (C=O) groups is 1. The molecule has 0 saturated heterocycles. The molecule has 0 saturated carbocycles. The third kappa shape index (κ3) is 7.85. The molecule has 0 unspecified atom stereocenters. The monoisotopic (exact) mass is 384 g/mol. The van der Waals surface area contributed by atoms with E-state index in [4.69, 9.17) is 5.21 Å². The summed E-state index contributed by atoms with van der Waals surface area (Å²) in [5.74, 6) is -0.736. The van der Waals surface area contributed by atoms with Crippen LogP contribution in [0.3, 0.4) is 0 Å². The molecule has 26 heavy (non-hydrogen) atoms.